The lowest BCUT2D eigenvalue weighted by molar-refractivity contribution is -0.203. The molecule has 0 saturated carbocycles. The van der Waals surface area contributed by atoms with Crippen LogP contribution in [-0.4, -0.2) is 19.3 Å². The zero-order chi connectivity index (χ0) is 14.1. The smallest absolute Gasteiger partial charge is 0.191 e. The van der Waals surface area contributed by atoms with Gasteiger partial charge in [-0.25, -0.2) is 0 Å². The Kier molecular flexibility index (Phi) is 3.81. The van der Waals surface area contributed by atoms with Crippen LogP contribution in [0, 0.1) is 0 Å². The van der Waals surface area contributed by atoms with Crippen molar-refractivity contribution in [3.05, 3.63) is 47.0 Å². The van der Waals surface area contributed by atoms with Gasteiger partial charge in [-0.2, -0.15) is 0 Å². The van der Waals surface area contributed by atoms with Crippen LogP contribution < -0.4 is 0 Å². The summed E-state index contributed by atoms with van der Waals surface area (Å²) >= 11 is 0. The number of ether oxygens (including phenoxy) is 2. The zero-order valence-electron chi connectivity index (χ0n) is 12.1. The Bertz CT molecular complexity index is 489. The average molecular weight is 262 g/mol. The molecular formula is C16H22O3. The van der Waals surface area contributed by atoms with E-state index in [1.54, 1.807) is 14.2 Å². The summed E-state index contributed by atoms with van der Waals surface area (Å²) in [5.74, 6) is -0.851. The van der Waals surface area contributed by atoms with Crippen molar-refractivity contribution in [2.75, 3.05) is 14.2 Å². The van der Waals surface area contributed by atoms with Crippen LogP contribution in [0.3, 0.4) is 0 Å². The molecule has 0 fully saturated rings. The van der Waals surface area contributed by atoms with Gasteiger partial charge in [0.2, 0.25) is 0 Å². The Hall–Kier alpha value is -1.16. The van der Waals surface area contributed by atoms with Crippen LogP contribution in [0.2, 0.25) is 0 Å². The minimum absolute atomic E-state index is 0.708. The molecule has 1 aliphatic rings. The third-order valence-electron chi connectivity index (χ3n) is 4.05. The highest BCUT2D eigenvalue weighted by Crippen LogP contribution is 2.41. The highest BCUT2D eigenvalue weighted by atomic mass is 16.7. The number of hydrogen-bond donors (Lipinski definition) is 1. The highest BCUT2D eigenvalue weighted by molar-refractivity contribution is 5.40. The predicted molar refractivity (Wildman–Crippen MR) is 74.7 cm³/mol. The number of rotatable bonds is 4. The fourth-order valence-corrected chi connectivity index (χ4v) is 2.71. The van der Waals surface area contributed by atoms with Crippen molar-refractivity contribution in [3.8, 4) is 0 Å². The minimum Gasteiger partial charge on any atom is -0.381 e. The summed E-state index contributed by atoms with van der Waals surface area (Å²) in [7, 11) is 3.22. The normalized spacial score (nSPS) is 23.5. The number of hydrogen-bond acceptors (Lipinski definition) is 3. The van der Waals surface area contributed by atoms with Crippen molar-refractivity contribution in [2.45, 2.75) is 38.1 Å². The van der Waals surface area contributed by atoms with Gasteiger partial charge in [-0.1, -0.05) is 29.8 Å². The SMILES string of the molecule is COC(C)(OC)c1ccccc1C1(O)C=C(C)CC1. The second-order valence-electron chi connectivity index (χ2n) is 5.31. The Labute approximate surface area is 114 Å². The molecule has 3 nitrogen and oxygen atoms in total. The largest absolute Gasteiger partial charge is 0.381 e. The van der Waals surface area contributed by atoms with Crippen molar-refractivity contribution in [1.29, 1.82) is 0 Å². The molecule has 3 heteroatoms. The maximum Gasteiger partial charge on any atom is 0.191 e. The summed E-state index contributed by atoms with van der Waals surface area (Å²) in [6.45, 7) is 3.91. The van der Waals surface area contributed by atoms with Crippen LogP contribution in [0.15, 0.2) is 35.9 Å². The number of aliphatic hydroxyl groups is 1. The van der Waals surface area contributed by atoms with E-state index in [0.717, 1.165) is 17.5 Å². The number of allylic oxidation sites excluding steroid dienone is 1. The lowest BCUT2D eigenvalue weighted by Gasteiger charge is -2.33. The molecule has 0 aliphatic heterocycles. The molecular weight excluding hydrogens is 240 g/mol. The molecule has 0 spiro atoms. The van der Waals surface area contributed by atoms with E-state index in [-0.39, 0.29) is 0 Å². The first-order valence-electron chi connectivity index (χ1n) is 6.56. The van der Waals surface area contributed by atoms with Crippen LogP contribution in [0.25, 0.3) is 0 Å². The Morgan fingerprint density at radius 2 is 1.84 bits per heavy atom. The molecule has 1 unspecified atom stereocenters. The van der Waals surface area contributed by atoms with E-state index in [9.17, 15) is 5.11 Å². The van der Waals surface area contributed by atoms with Gasteiger partial charge in [0.05, 0.1) is 0 Å². The first-order valence-corrected chi connectivity index (χ1v) is 6.56. The van der Waals surface area contributed by atoms with E-state index in [4.69, 9.17) is 9.47 Å². The fourth-order valence-electron chi connectivity index (χ4n) is 2.71. The van der Waals surface area contributed by atoms with Gasteiger partial charge in [0.15, 0.2) is 5.79 Å². The Morgan fingerprint density at radius 3 is 2.37 bits per heavy atom. The van der Waals surface area contributed by atoms with Crippen LogP contribution in [-0.2, 0) is 20.9 Å². The summed E-state index contributed by atoms with van der Waals surface area (Å²) in [4.78, 5) is 0. The van der Waals surface area contributed by atoms with Crippen LogP contribution >= 0.6 is 0 Å². The molecule has 1 aromatic carbocycles. The van der Waals surface area contributed by atoms with Crippen molar-refractivity contribution >= 4 is 0 Å². The maximum atomic E-state index is 10.9. The maximum absolute atomic E-state index is 10.9. The standard InChI is InChI=1S/C16H22O3/c1-12-9-10-16(17,11-12)14-8-6-5-7-13(14)15(2,18-3)19-4/h5-8,11,17H,9-10H2,1-4H3. The molecule has 0 aromatic heterocycles. The highest BCUT2D eigenvalue weighted by Gasteiger charge is 2.38. The number of benzene rings is 1. The quantitative estimate of drug-likeness (QED) is 0.669. The van der Waals surface area contributed by atoms with Gasteiger partial charge in [0, 0.05) is 19.8 Å². The third kappa shape index (κ3) is 2.46. The van der Waals surface area contributed by atoms with E-state index in [1.165, 1.54) is 5.57 Å². The van der Waals surface area contributed by atoms with Gasteiger partial charge >= 0.3 is 0 Å². The van der Waals surface area contributed by atoms with Crippen LogP contribution in [0.5, 0.6) is 0 Å². The van der Waals surface area contributed by atoms with Crippen molar-refractivity contribution < 1.29 is 14.6 Å². The molecule has 0 bridgehead atoms. The molecule has 0 amide bonds. The van der Waals surface area contributed by atoms with Crippen LogP contribution in [0.4, 0.5) is 0 Å². The third-order valence-corrected chi connectivity index (χ3v) is 4.05. The van der Waals surface area contributed by atoms with Gasteiger partial charge < -0.3 is 14.6 Å². The molecule has 1 N–H and O–H groups in total. The molecule has 1 aromatic rings. The van der Waals surface area contributed by atoms with E-state index >= 15 is 0 Å². The van der Waals surface area contributed by atoms with E-state index in [2.05, 4.69) is 0 Å². The first-order chi connectivity index (χ1) is 8.95. The Morgan fingerprint density at radius 1 is 1.21 bits per heavy atom. The van der Waals surface area contributed by atoms with Gasteiger partial charge in [-0.15, -0.1) is 0 Å². The zero-order valence-corrected chi connectivity index (χ0v) is 12.1. The van der Waals surface area contributed by atoms with Gasteiger partial charge in [-0.3, -0.25) is 0 Å². The predicted octanol–water partition coefficient (Wildman–Crippen LogP) is 3.08. The summed E-state index contributed by atoms with van der Waals surface area (Å²) in [5.41, 5.74) is 2.03. The monoisotopic (exact) mass is 262 g/mol. The molecule has 1 aliphatic carbocycles. The summed E-state index contributed by atoms with van der Waals surface area (Å²) in [6, 6.07) is 7.76. The average Bonchev–Trinajstić information content (AvgIpc) is 2.79. The van der Waals surface area contributed by atoms with E-state index < -0.39 is 11.4 Å². The van der Waals surface area contributed by atoms with E-state index in [0.29, 0.717) is 6.42 Å². The molecule has 104 valence electrons. The number of methoxy groups -OCH3 is 2. The minimum atomic E-state index is -0.918. The van der Waals surface area contributed by atoms with Gasteiger partial charge in [-0.05, 0) is 38.3 Å². The molecule has 0 saturated heterocycles. The second-order valence-corrected chi connectivity index (χ2v) is 5.31. The molecule has 1 atom stereocenters. The second kappa shape index (κ2) is 5.08. The Balaban J connectivity index is 2.54. The summed E-state index contributed by atoms with van der Waals surface area (Å²) in [5, 5.41) is 10.9. The van der Waals surface area contributed by atoms with Crippen LogP contribution in [0.1, 0.15) is 37.8 Å². The lowest BCUT2D eigenvalue weighted by Crippen LogP contribution is -2.32. The summed E-state index contributed by atoms with van der Waals surface area (Å²) < 4.78 is 11.0. The van der Waals surface area contributed by atoms with Gasteiger partial charge in [0.1, 0.15) is 5.60 Å². The molecule has 19 heavy (non-hydrogen) atoms. The molecule has 0 radical (unpaired) electrons. The molecule has 2 rings (SSSR count). The van der Waals surface area contributed by atoms with Crippen molar-refractivity contribution in [2.24, 2.45) is 0 Å². The van der Waals surface area contributed by atoms with Crippen molar-refractivity contribution in [1.82, 2.24) is 0 Å². The lowest BCUT2D eigenvalue weighted by atomic mass is 9.86. The van der Waals surface area contributed by atoms with E-state index in [1.807, 2.05) is 44.2 Å². The van der Waals surface area contributed by atoms with Gasteiger partial charge in [0.25, 0.3) is 0 Å². The van der Waals surface area contributed by atoms with Crippen molar-refractivity contribution in [3.63, 3.8) is 0 Å². The molecule has 0 heterocycles. The first kappa shape index (κ1) is 14.3. The topological polar surface area (TPSA) is 38.7 Å². The summed E-state index contributed by atoms with van der Waals surface area (Å²) in [6.07, 6.45) is 3.57. The fraction of sp³-hybridized carbons (Fsp3) is 0.500.